The van der Waals surface area contributed by atoms with Gasteiger partial charge in [0, 0.05) is 23.5 Å². The molecule has 0 radical (unpaired) electrons. The summed E-state index contributed by atoms with van der Waals surface area (Å²) in [6, 6.07) is 11.6. The van der Waals surface area contributed by atoms with Crippen LogP contribution in [-0.2, 0) is 22.7 Å². The van der Waals surface area contributed by atoms with Gasteiger partial charge < -0.3 is 16.0 Å². The van der Waals surface area contributed by atoms with Crippen molar-refractivity contribution in [3.05, 3.63) is 64.6 Å². The van der Waals surface area contributed by atoms with Gasteiger partial charge in [-0.1, -0.05) is 61.2 Å². The Morgan fingerprint density at radius 2 is 1.86 bits per heavy atom. The molecule has 1 fully saturated rings. The Morgan fingerprint density at radius 1 is 1.11 bits per heavy atom. The second kappa shape index (κ2) is 10.9. The van der Waals surface area contributed by atoms with Crippen molar-refractivity contribution in [2.75, 3.05) is 6.54 Å². The van der Waals surface area contributed by atoms with Crippen LogP contribution in [0.2, 0.25) is 5.02 Å². The molecule has 3 N–H and O–H groups in total. The van der Waals surface area contributed by atoms with Crippen molar-refractivity contribution in [2.24, 2.45) is 5.73 Å². The molecule has 1 saturated carbocycles. The van der Waals surface area contributed by atoms with Crippen LogP contribution < -0.4 is 11.1 Å². The molecule has 2 aromatic carbocycles. The molecule has 1 heterocycles. The molecule has 8 nitrogen and oxygen atoms in total. The molecule has 10 heteroatoms. The lowest BCUT2D eigenvalue weighted by Crippen LogP contribution is -2.48. The maximum atomic E-state index is 14.2. The highest BCUT2D eigenvalue weighted by Crippen LogP contribution is 2.24. The van der Waals surface area contributed by atoms with E-state index in [1.807, 2.05) is 0 Å². The van der Waals surface area contributed by atoms with Crippen LogP contribution in [0.25, 0.3) is 10.9 Å². The molecule has 35 heavy (non-hydrogen) atoms. The van der Waals surface area contributed by atoms with Gasteiger partial charge in [0.15, 0.2) is 5.69 Å². The van der Waals surface area contributed by atoms with E-state index in [4.69, 9.17) is 17.3 Å². The first-order valence-corrected chi connectivity index (χ1v) is 12.0. The van der Waals surface area contributed by atoms with E-state index in [1.54, 1.807) is 41.3 Å². The van der Waals surface area contributed by atoms with Crippen LogP contribution in [0.15, 0.2) is 42.5 Å². The maximum Gasteiger partial charge on any atom is 0.269 e. The van der Waals surface area contributed by atoms with Crippen molar-refractivity contribution in [1.82, 2.24) is 20.0 Å². The lowest BCUT2D eigenvalue weighted by atomic mass is 9.94. The number of carbonyl (C=O) groups is 3. The van der Waals surface area contributed by atoms with Gasteiger partial charge in [-0.2, -0.15) is 5.10 Å². The van der Waals surface area contributed by atoms with E-state index in [0.29, 0.717) is 10.9 Å². The number of benzene rings is 2. The number of primary amides is 1. The maximum absolute atomic E-state index is 14.2. The first-order valence-electron chi connectivity index (χ1n) is 11.6. The van der Waals surface area contributed by atoms with Crippen LogP contribution >= 0.6 is 11.6 Å². The van der Waals surface area contributed by atoms with Crippen molar-refractivity contribution < 1.29 is 18.8 Å². The van der Waals surface area contributed by atoms with E-state index in [2.05, 4.69) is 10.4 Å². The van der Waals surface area contributed by atoms with Crippen LogP contribution in [0.4, 0.5) is 4.39 Å². The molecule has 4 rings (SSSR count). The number of para-hydroxylation sites is 1. The highest BCUT2D eigenvalue weighted by atomic mass is 35.5. The number of nitrogens with one attached hydrogen (secondary N) is 1. The minimum atomic E-state index is -0.677. The highest BCUT2D eigenvalue weighted by Gasteiger charge is 2.28. The summed E-state index contributed by atoms with van der Waals surface area (Å²) in [6.45, 7) is -0.336. The number of hydrogen-bond acceptors (Lipinski definition) is 4. The fraction of sp³-hybridized carbons (Fsp3) is 0.360. The summed E-state index contributed by atoms with van der Waals surface area (Å²) in [4.78, 5) is 39.6. The minimum absolute atomic E-state index is 0.0162. The lowest BCUT2D eigenvalue weighted by Gasteiger charge is -2.34. The zero-order valence-corrected chi connectivity index (χ0v) is 19.9. The van der Waals surface area contributed by atoms with Crippen LogP contribution in [0, 0.1) is 5.82 Å². The van der Waals surface area contributed by atoms with Crippen LogP contribution in [0.3, 0.4) is 0 Å². The summed E-state index contributed by atoms with van der Waals surface area (Å²) in [5.41, 5.74) is 6.44. The number of amides is 3. The summed E-state index contributed by atoms with van der Waals surface area (Å²) in [6.07, 6.45) is 4.63. The van der Waals surface area contributed by atoms with Gasteiger partial charge in [0.05, 0.1) is 17.1 Å². The van der Waals surface area contributed by atoms with E-state index in [1.165, 1.54) is 10.7 Å². The number of rotatable bonds is 8. The topological polar surface area (TPSA) is 110 Å². The third-order valence-electron chi connectivity index (χ3n) is 6.33. The van der Waals surface area contributed by atoms with Gasteiger partial charge in [0.1, 0.15) is 12.4 Å². The molecule has 0 aliphatic heterocycles. The first-order chi connectivity index (χ1) is 16.8. The molecule has 3 amide bonds. The molecule has 1 aromatic heterocycles. The van der Waals surface area contributed by atoms with Crippen molar-refractivity contribution in [3.63, 3.8) is 0 Å². The molecular formula is C25H27ClFN5O3. The molecule has 0 atom stereocenters. The second-order valence-corrected chi connectivity index (χ2v) is 9.10. The summed E-state index contributed by atoms with van der Waals surface area (Å²) >= 11 is 5.82. The van der Waals surface area contributed by atoms with Crippen LogP contribution in [0.5, 0.6) is 0 Å². The smallest absolute Gasteiger partial charge is 0.269 e. The largest absolute Gasteiger partial charge is 0.364 e. The summed E-state index contributed by atoms with van der Waals surface area (Å²) in [5.74, 6) is -1.94. The standard InChI is InChI=1S/C25H27ClFN5O3/c26-19-11-6-7-16(23(19)27)13-29-21(33)14-31(17-8-2-1-3-9-17)22(34)15-32-20-12-5-4-10-18(20)24(30-32)25(28)35/h4-7,10-12,17H,1-3,8-9,13-15H2,(H2,28,35)(H,29,33). The minimum Gasteiger partial charge on any atom is -0.364 e. The van der Waals surface area contributed by atoms with Gasteiger partial charge in [-0.3, -0.25) is 19.1 Å². The SMILES string of the molecule is NC(=O)c1nn(CC(=O)N(CC(=O)NCc2cccc(Cl)c2F)C2CCCCC2)c2ccccc12. The number of nitrogens with zero attached hydrogens (tertiary/aromatic N) is 3. The second-order valence-electron chi connectivity index (χ2n) is 8.69. The Hall–Kier alpha value is -3.46. The van der Waals surface area contributed by atoms with Gasteiger partial charge in [-0.05, 0) is 25.0 Å². The van der Waals surface area contributed by atoms with Crippen molar-refractivity contribution in [3.8, 4) is 0 Å². The molecule has 0 spiro atoms. The molecule has 0 unspecified atom stereocenters. The Kier molecular flexibility index (Phi) is 7.65. The summed E-state index contributed by atoms with van der Waals surface area (Å²) in [5, 5.41) is 7.51. The Labute approximate surface area is 207 Å². The van der Waals surface area contributed by atoms with Crippen LogP contribution in [0.1, 0.15) is 48.2 Å². The summed E-state index contributed by atoms with van der Waals surface area (Å²) in [7, 11) is 0. The van der Waals surface area contributed by atoms with Gasteiger partial charge in [0.25, 0.3) is 5.91 Å². The normalized spacial score (nSPS) is 14.1. The van der Waals surface area contributed by atoms with Gasteiger partial charge in [0.2, 0.25) is 11.8 Å². The average Bonchev–Trinajstić information content (AvgIpc) is 3.22. The van der Waals surface area contributed by atoms with Crippen molar-refractivity contribution >= 4 is 40.2 Å². The summed E-state index contributed by atoms with van der Waals surface area (Å²) < 4.78 is 15.6. The zero-order valence-electron chi connectivity index (χ0n) is 19.2. The van der Waals surface area contributed by atoms with Crippen molar-refractivity contribution in [1.29, 1.82) is 0 Å². The number of halogens is 2. The number of carbonyl (C=O) groups excluding carboxylic acids is 3. The molecule has 1 aliphatic rings. The Morgan fingerprint density at radius 3 is 2.60 bits per heavy atom. The van der Waals surface area contributed by atoms with E-state index in [0.717, 1.165) is 32.1 Å². The van der Waals surface area contributed by atoms with E-state index in [-0.39, 0.29) is 47.9 Å². The zero-order chi connectivity index (χ0) is 24.9. The Balaban J connectivity index is 1.51. The molecular weight excluding hydrogens is 473 g/mol. The monoisotopic (exact) mass is 499 g/mol. The molecule has 3 aromatic rings. The first kappa shape index (κ1) is 24.7. The number of nitrogens with two attached hydrogens (primary N) is 1. The Bertz CT molecular complexity index is 1260. The third kappa shape index (κ3) is 5.62. The predicted octanol–water partition coefficient (Wildman–Crippen LogP) is 3.41. The number of fused-ring (bicyclic) bond motifs is 1. The quantitative estimate of drug-likeness (QED) is 0.495. The highest BCUT2D eigenvalue weighted by molar-refractivity contribution is 6.30. The number of aromatic nitrogens is 2. The van der Waals surface area contributed by atoms with E-state index >= 15 is 0 Å². The fourth-order valence-corrected chi connectivity index (χ4v) is 4.75. The third-order valence-corrected chi connectivity index (χ3v) is 6.63. The van der Waals surface area contributed by atoms with Crippen molar-refractivity contribution in [2.45, 2.75) is 51.2 Å². The molecule has 0 bridgehead atoms. The molecule has 1 aliphatic carbocycles. The predicted molar refractivity (Wildman–Crippen MR) is 130 cm³/mol. The average molecular weight is 500 g/mol. The van der Waals surface area contributed by atoms with E-state index < -0.39 is 17.6 Å². The van der Waals surface area contributed by atoms with Gasteiger partial charge in [-0.25, -0.2) is 4.39 Å². The fourth-order valence-electron chi connectivity index (χ4n) is 4.55. The van der Waals surface area contributed by atoms with Crippen LogP contribution in [-0.4, -0.2) is 45.0 Å². The number of hydrogen-bond donors (Lipinski definition) is 2. The molecule has 184 valence electrons. The van der Waals surface area contributed by atoms with E-state index in [9.17, 15) is 18.8 Å². The van der Waals surface area contributed by atoms with Gasteiger partial charge >= 0.3 is 0 Å². The molecule has 0 saturated heterocycles. The lowest BCUT2D eigenvalue weighted by molar-refractivity contribution is -0.139. The van der Waals surface area contributed by atoms with Gasteiger partial charge in [-0.15, -0.1) is 0 Å².